The Labute approximate surface area is 236 Å². The van der Waals surface area contributed by atoms with E-state index in [0.29, 0.717) is 5.71 Å². The molecule has 41 heavy (non-hydrogen) atoms. The molecule has 1 atom stereocenters. The molecule has 5 heteroatoms. The molecule has 0 saturated carbocycles. The van der Waals surface area contributed by atoms with Crippen LogP contribution in [0.5, 0.6) is 0 Å². The average molecular weight is 529 g/mol. The largest absolute Gasteiger partial charge is 0.438 e. The lowest BCUT2D eigenvalue weighted by Crippen LogP contribution is -2.36. The molecule has 5 nitrogen and oxygen atoms in total. The predicted molar refractivity (Wildman–Crippen MR) is 166 cm³/mol. The lowest BCUT2D eigenvalue weighted by atomic mass is 10.0. The SMILES string of the molecule is c1ccc(-c2ccc(C3=NC(c4ccc5ccccc5c4)N=C(c4cccc5oc6ncccc6c45)N3)cc2)cc1. The Morgan fingerprint density at radius 1 is 0.585 bits per heavy atom. The normalized spacial score (nSPS) is 15.1. The molecule has 8 rings (SSSR count). The third-order valence-corrected chi connectivity index (χ3v) is 7.61. The lowest BCUT2D eigenvalue weighted by molar-refractivity contribution is 0.654. The van der Waals surface area contributed by atoms with Gasteiger partial charge in [-0.15, -0.1) is 0 Å². The minimum atomic E-state index is -0.411. The summed E-state index contributed by atoms with van der Waals surface area (Å²) in [6, 6.07) is 43.7. The molecule has 1 aliphatic heterocycles. The molecule has 1 N–H and O–H groups in total. The van der Waals surface area contributed by atoms with Crippen molar-refractivity contribution in [1.29, 1.82) is 0 Å². The second-order valence-corrected chi connectivity index (χ2v) is 10.1. The van der Waals surface area contributed by atoms with Gasteiger partial charge in [-0.05, 0) is 51.7 Å². The highest BCUT2D eigenvalue weighted by molar-refractivity contribution is 6.23. The third-order valence-electron chi connectivity index (χ3n) is 7.61. The van der Waals surface area contributed by atoms with E-state index in [1.807, 2.05) is 30.3 Å². The Bertz CT molecular complexity index is 2130. The smallest absolute Gasteiger partial charge is 0.227 e. The van der Waals surface area contributed by atoms with E-state index < -0.39 is 6.17 Å². The van der Waals surface area contributed by atoms with Crippen LogP contribution in [-0.4, -0.2) is 16.7 Å². The highest BCUT2D eigenvalue weighted by Gasteiger charge is 2.23. The van der Waals surface area contributed by atoms with Crippen LogP contribution in [0.25, 0.3) is 44.0 Å². The van der Waals surface area contributed by atoms with Crippen LogP contribution >= 0.6 is 0 Å². The first kappa shape index (κ1) is 23.3. The molecule has 5 aromatic carbocycles. The second-order valence-electron chi connectivity index (χ2n) is 10.1. The quantitative estimate of drug-likeness (QED) is 0.250. The summed E-state index contributed by atoms with van der Waals surface area (Å²) in [4.78, 5) is 14.7. The van der Waals surface area contributed by atoms with E-state index in [4.69, 9.17) is 14.4 Å². The van der Waals surface area contributed by atoms with Gasteiger partial charge in [-0.25, -0.2) is 15.0 Å². The Hall–Kier alpha value is -5.55. The molecule has 1 aliphatic rings. The van der Waals surface area contributed by atoms with Crippen molar-refractivity contribution >= 4 is 44.5 Å². The molecular formula is C36H24N4O. The monoisotopic (exact) mass is 528 g/mol. The Morgan fingerprint density at radius 3 is 2.22 bits per heavy atom. The number of nitrogens with one attached hydrogen (secondary N) is 1. The summed E-state index contributed by atoms with van der Waals surface area (Å²) in [5, 5.41) is 7.87. The standard InChI is InChI=1S/C36H24N4O/c1-2-8-23(9-3-1)25-15-18-26(19-16-25)33-38-34(28-20-17-24-10-4-5-11-27(24)22-28)40-35(39-33)29-12-6-14-31-32(29)30-13-7-21-37-36(30)41-31/h1-22,34H,(H,38,39,40). The third kappa shape index (κ3) is 4.15. The summed E-state index contributed by atoms with van der Waals surface area (Å²) in [5.74, 6) is 1.52. The van der Waals surface area contributed by atoms with Crippen molar-refractivity contribution in [3.05, 3.63) is 150 Å². The van der Waals surface area contributed by atoms with Crippen molar-refractivity contribution in [3.63, 3.8) is 0 Å². The van der Waals surface area contributed by atoms with E-state index in [0.717, 1.165) is 50.3 Å². The van der Waals surface area contributed by atoms with Crippen LogP contribution < -0.4 is 5.32 Å². The summed E-state index contributed by atoms with van der Waals surface area (Å²) >= 11 is 0. The minimum absolute atomic E-state index is 0.411. The summed E-state index contributed by atoms with van der Waals surface area (Å²) in [5.41, 5.74) is 6.71. The minimum Gasteiger partial charge on any atom is -0.438 e. The maximum Gasteiger partial charge on any atom is 0.227 e. The van der Waals surface area contributed by atoms with Gasteiger partial charge in [0.2, 0.25) is 5.71 Å². The Balaban J connectivity index is 1.27. The summed E-state index contributed by atoms with van der Waals surface area (Å²) < 4.78 is 6.09. The van der Waals surface area contributed by atoms with Crippen LogP contribution in [0.15, 0.2) is 148 Å². The lowest BCUT2D eigenvalue weighted by Gasteiger charge is -2.23. The molecule has 0 bridgehead atoms. The van der Waals surface area contributed by atoms with Gasteiger partial charge in [0, 0.05) is 28.1 Å². The highest BCUT2D eigenvalue weighted by Crippen LogP contribution is 2.33. The molecule has 0 spiro atoms. The molecule has 194 valence electrons. The van der Waals surface area contributed by atoms with Crippen molar-refractivity contribution in [2.45, 2.75) is 6.17 Å². The van der Waals surface area contributed by atoms with Gasteiger partial charge in [-0.1, -0.05) is 103 Å². The van der Waals surface area contributed by atoms with Crippen LogP contribution in [0.3, 0.4) is 0 Å². The predicted octanol–water partition coefficient (Wildman–Crippen LogP) is 8.30. The molecule has 0 amide bonds. The van der Waals surface area contributed by atoms with Gasteiger partial charge in [0.25, 0.3) is 0 Å². The molecule has 3 heterocycles. The summed E-state index contributed by atoms with van der Waals surface area (Å²) in [6.45, 7) is 0. The molecule has 0 aliphatic carbocycles. The Morgan fingerprint density at radius 2 is 1.34 bits per heavy atom. The fourth-order valence-corrected chi connectivity index (χ4v) is 5.56. The van der Waals surface area contributed by atoms with Crippen LogP contribution in [0.4, 0.5) is 0 Å². The van der Waals surface area contributed by atoms with Crippen molar-refractivity contribution < 1.29 is 4.42 Å². The van der Waals surface area contributed by atoms with Crippen molar-refractivity contribution in [3.8, 4) is 11.1 Å². The number of nitrogens with zero attached hydrogens (tertiary/aromatic N) is 3. The van der Waals surface area contributed by atoms with Crippen LogP contribution in [0.1, 0.15) is 22.9 Å². The first-order chi connectivity index (χ1) is 20.3. The van der Waals surface area contributed by atoms with E-state index in [2.05, 4.69) is 107 Å². The molecule has 0 radical (unpaired) electrons. The van der Waals surface area contributed by atoms with E-state index in [1.54, 1.807) is 6.20 Å². The van der Waals surface area contributed by atoms with Crippen LogP contribution in [0.2, 0.25) is 0 Å². The maximum absolute atomic E-state index is 6.09. The van der Waals surface area contributed by atoms with E-state index in [-0.39, 0.29) is 0 Å². The van der Waals surface area contributed by atoms with Gasteiger partial charge < -0.3 is 9.73 Å². The summed E-state index contributed by atoms with van der Waals surface area (Å²) in [6.07, 6.45) is 1.34. The van der Waals surface area contributed by atoms with Gasteiger partial charge >= 0.3 is 0 Å². The number of aromatic nitrogens is 1. The molecule has 0 fully saturated rings. The number of aliphatic imine (C=N–C) groups is 2. The zero-order chi connectivity index (χ0) is 27.2. The van der Waals surface area contributed by atoms with Crippen molar-refractivity contribution in [2.24, 2.45) is 9.98 Å². The highest BCUT2D eigenvalue weighted by atomic mass is 16.3. The molecule has 7 aromatic rings. The van der Waals surface area contributed by atoms with Gasteiger partial charge in [-0.3, -0.25) is 0 Å². The number of amidine groups is 2. The van der Waals surface area contributed by atoms with Gasteiger partial charge in [-0.2, -0.15) is 0 Å². The van der Waals surface area contributed by atoms with Crippen LogP contribution in [0, 0.1) is 0 Å². The molecule has 0 saturated heterocycles. The van der Waals surface area contributed by atoms with E-state index in [1.165, 1.54) is 16.3 Å². The first-order valence-electron chi connectivity index (χ1n) is 13.6. The van der Waals surface area contributed by atoms with E-state index >= 15 is 0 Å². The number of furan rings is 1. The number of rotatable bonds is 4. The number of benzene rings is 5. The number of pyridine rings is 1. The molecular weight excluding hydrogens is 504 g/mol. The fraction of sp³-hybridized carbons (Fsp3) is 0.0278. The Kier molecular flexibility index (Phi) is 5.45. The summed E-state index contributed by atoms with van der Waals surface area (Å²) in [7, 11) is 0. The number of fused-ring (bicyclic) bond motifs is 4. The molecule has 2 aromatic heterocycles. The van der Waals surface area contributed by atoms with E-state index in [9.17, 15) is 0 Å². The zero-order valence-electron chi connectivity index (χ0n) is 22.0. The number of hydrogen-bond donors (Lipinski definition) is 1. The number of hydrogen-bond acceptors (Lipinski definition) is 5. The van der Waals surface area contributed by atoms with Gasteiger partial charge in [0.05, 0.1) is 0 Å². The fourth-order valence-electron chi connectivity index (χ4n) is 5.56. The zero-order valence-corrected chi connectivity index (χ0v) is 22.0. The molecule has 1 unspecified atom stereocenters. The van der Waals surface area contributed by atoms with Crippen molar-refractivity contribution in [2.75, 3.05) is 0 Å². The first-order valence-corrected chi connectivity index (χ1v) is 13.6. The van der Waals surface area contributed by atoms with Crippen molar-refractivity contribution in [1.82, 2.24) is 10.3 Å². The second kappa shape index (κ2) is 9.57. The van der Waals surface area contributed by atoms with Gasteiger partial charge in [0.1, 0.15) is 17.3 Å². The van der Waals surface area contributed by atoms with Gasteiger partial charge in [0.15, 0.2) is 6.17 Å². The average Bonchev–Trinajstić information content (AvgIpc) is 3.44. The maximum atomic E-state index is 6.09. The van der Waals surface area contributed by atoms with Crippen LogP contribution in [-0.2, 0) is 0 Å². The topological polar surface area (TPSA) is 62.8 Å².